The van der Waals surface area contributed by atoms with Crippen LogP contribution in [0.4, 0.5) is 18.9 Å². The Balaban J connectivity index is 1.71. The molecule has 5 nitrogen and oxygen atoms in total. The molecule has 0 radical (unpaired) electrons. The van der Waals surface area contributed by atoms with Crippen LogP contribution in [0, 0.1) is 5.82 Å². The van der Waals surface area contributed by atoms with Gasteiger partial charge in [0.25, 0.3) is 6.43 Å². The van der Waals surface area contributed by atoms with E-state index in [1.54, 1.807) is 39.2 Å². The predicted molar refractivity (Wildman–Crippen MR) is 112 cm³/mol. The van der Waals surface area contributed by atoms with Gasteiger partial charge in [-0.15, -0.1) is 0 Å². The summed E-state index contributed by atoms with van der Waals surface area (Å²) in [6.07, 6.45) is -1.79. The molecule has 1 heterocycles. The van der Waals surface area contributed by atoms with E-state index >= 15 is 0 Å². The highest BCUT2D eigenvalue weighted by molar-refractivity contribution is 5.96. The zero-order valence-corrected chi connectivity index (χ0v) is 17.8. The molecule has 2 aromatic carbocycles. The quantitative estimate of drug-likeness (QED) is 0.651. The van der Waals surface area contributed by atoms with Gasteiger partial charge in [0.15, 0.2) is 0 Å². The first kappa shape index (κ1) is 23.1. The normalized spacial score (nSPS) is 16.2. The fourth-order valence-corrected chi connectivity index (χ4v) is 3.74. The van der Waals surface area contributed by atoms with E-state index in [-0.39, 0.29) is 12.5 Å². The highest BCUT2D eigenvalue weighted by atomic mass is 19.3. The summed E-state index contributed by atoms with van der Waals surface area (Å²) >= 11 is 0. The highest BCUT2D eigenvalue weighted by Crippen LogP contribution is 2.30. The van der Waals surface area contributed by atoms with Gasteiger partial charge in [0.2, 0.25) is 5.91 Å². The van der Waals surface area contributed by atoms with Crippen molar-refractivity contribution in [2.24, 2.45) is 0 Å². The van der Waals surface area contributed by atoms with Gasteiger partial charge in [0, 0.05) is 17.6 Å². The Bertz CT molecular complexity index is 934. The first-order valence-corrected chi connectivity index (χ1v) is 10.1. The second-order valence-corrected chi connectivity index (χ2v) is 8.18. The SMILES string of the molecule is COc1ccc2c(c1)CCNC2C(=O)Nc1ccc(C(C)(C)COCC(F)F)c(F)c1. The van der Waals surface area contributed by atoms with E-state index in [0.29, 0.717) is 17.8 Å². The van der Waals surface area contributed by atoms with E-state index in [4.69, 9.17) is 9.47 Å². The third-order valence-electron chi connectivity index (χ3n) is 5.34. The van der Waals surface area contributed by atoms with Crippen LogP contribution in [-0.2, 0) is 21.4 Å². The summed E-state index contributed by atoms with van der Waals surface area (Å²) in [5.41, 5.74) is 1.74. The molecule has 168 valence electrons. The Kier molecular flexibility index (Phi) is 7.23. The lowest BCUT2D eigenvalue weighted by Gasteiger charge is -2.27. The molecule has 0 spiro atoms. The van der Waals surface area contributed by atoms with Gasteiger partial charge in [0.1, 0.15) is 24.2 Å². The molecule has 0 aromatic heterocycles. The molecule has 8 heteroatoms. The molecule has 31 heavy (non-hydrogen) atoms. The summed E-state index contributed by atoms with van der Waals surface area (Å²) in [6.45, 7) is 3.32. The van der Waals surface area contributed by atoms with E-state index in [2.05, 4.69) is 10.6 Å². The number of carbonyl (C=O) groups excluding carboxylic acids is 1. The number of rotatable bonds is 8. The molecule has 0 saturated carbocycles. The summed E-state index contributed by atoms with van der Waals surface area (Å²) < 4.78 is 49.6. The fourth-order valence-electron chi connectivity index (χ4n) is 3.74. The third-order valence-corrected chi connectivity index (χ3v) is 5.34. The largest absolute Gasteiger partial charge is 0.497 e. The van der Waals surface area contributed by atoms with Crippen LogP contribution < -0.4 is 15.4 Å². The molecule has 1 aliphatic rings. The molecule has 2 aromatic rings. The van der Waals surface area contributed by atoms with Crippen molar-refractivity contribution in [3.63, 3.8) is 0 Å². The van der Waals surface area contributed by atoms with Crippen molar-refractivity contribution in [2.75, 3.05) is 32.2 Å². The van der Waals surface area contributed by atoms with Gasteiger partial charge >= 0.3 is 0 Å². The van der Waals surface area contributed by atoms with Gasteiger partial charge < -0.3 is 20.1 Å². The molecule has 1 unspecified atom stereocenters. The number of anilines is 1. The number of hydrogen-bond donors (Lipinski definition) is 2. The van der Waals surface area contributed by atoms with Gasteiger partial charge in [0.05, 0.1) is 13.7 Å². The summed E-state index contributed by atoms with van der Waals surface area (Å²) in [4.78, 5) is 12.9. The molecule has 0 fully saturated rings. The van der Waals surface area contributed by atoms with E-state index in [1.807, 2.05) is 12.1 Å². The van der Waals surface area contributed by atoms with Crippen LogP contribution in [0.1, 0.15) is 36.6 Å². The van der Waals surface area contributed by atoms with E-state index in [0.717, 1.165) is 23.3 Å². The maximum Gasteiger partial charge on any atom is 0.261 e. The maximum absolute atomic E-state index is 14.8. The highest BCUT2D eigenvalue weighted by Gasteiger charge is 2.28. The number of benzene rings is 2. The lowest BCUT2D eigenvalue weighted by atomic mass is 9.85. The zero-order chi connectivity index (χ0) is 22.6. The maximum atomic E-state index is 14.8. The van der Waals surface area contributed by atoms with E-state index < -0.39 is 30.3 Å². The van der Waals surface area contributed by atoms with Gasteiger partial charge in [-0.05, 0) is 47.4 Å². The van der Waals surface area contributed by atoms with Crippen molar-refractivity contribution in [2.45, 2.75) is 38.2 Å². The van der Waals surface area contributed by atoms with E-state index in [1.165, 1.54) is 6.07 Å². The number of carbonyl (C=O) groups is 1. The van der Waals surface area contributed by atoms with Gasteiger partial charge in [-0.1, -0.05) is 26.0 Å². The first-order valence-electron chi connectivity index (χ1n) is 10.1. The molecular weight excluding hydrogens is 409 g/mol. The zero-order valence-electron chi connectivity index (χ0n) is 17.8. The lowest BCUT2D eigenvalue weighted by molar-refractivity contribution is -0.118. The molecule has 0 saturated heterocycles. The van der Waals surface area contributed by atoms with Crippen LogP contribution in [0.15, 0.2) is 36.4 Å². The topological polar surface area (TPSA) is 59.6 Å². The summed E-state index contributed by atoms with van der Waals surface area (Å²) in [6, 6.07) is 9.40. The van der Waals surface area contributed by atoms with Crippen LogP contribution in [0.5, 0.6) is 5.75 Å². The Hall–Kier alpha value is -2.58. The van der Waals surface area contributed by atoms with Gasteiger partial charge in [-0.2, -0.15) is 0 Å². The minimum Gasteiger partial charge on any atom is -0.497 e. The van der Waals surface area contributed by atoms with Crippen molar-refractivity contribution in [1.82, 2.24) is 5.32 Å². The molecule has 0 bridgehead atoms. The number of ether oxygens (including phenoxy) is 2. The van der Waals surface area contributed by atoms with Crippen LogP contribution in [0.3, 0.4) is 0 Å². The first-order chi connectivity index (χ1) is 14.7. The minimum atomic E-state index is -2.57. The van der Waals surface area contributed by atoms with Crippen molar-refractivity contribution >= 4 is 11.6 Å². The number of fused-ring (bicyclic) bond motifs is 1. The average molecular weight is 436 g/mol. The monoisotopic (exact) mass is 436 g/mol. The Morgan fingerprint density at radius 2 is 2.03 bits per heavy atom. The van der Waals surface area contributed by atoms with Gasteiger partial charge in [-0.25, -0.2) is 13.2 Å². The van der Waals surface area contributed by atoms with E-state index in [9.17, 15) is 18.0 Å². The Morgan fingerprint density at radius 1 is 1.26 bits per heavy atom. The number of alkyl halides is 2. The predicted octanol–water partition coefficient (Wildman–Crippen LogP) is 4.22. The molecular formula is C23H27F3N2O3. The lowest BCUT2D eigenvalue weighted by Crippen LogP contribution is -2.38. The molecule has 1 aliphatic heterocycles. The Morgan fingerprint density at radius 3 is 2.71 bits per heavy atom. The van der Waals surface area contributed by atoms with Crippen LogP contribution in [-0.4, -0.2) is 39.2 Å². The van der Waals surface area contributed by atoms with Crippen LogP contribution >= 0.6 is 0 Å². The molecule has 1 amide bonds. The number of halogens is 3. The molecule has 0 aliphatic carbocycles. The number of hydrogen-bond acceptors (Lipinski definition) is 4. The van der Waals surface area contributed by atoms with Crippen molar-refractivity contribution < 1.29 is 27.4 Å². The molecule has 3 rings (SSSR count). The summed E-state index contributed by atoms with van der Waals surface area (Å²) in [5, 5.41) is 5.95. The second kappa shape index (κ2) is 9.70. The standard InChI is InChI=1S/C23H27F3N2O3/c1-23(2,13-31-12-20(25)26)18-7-4-15(11-19(18)24)28-22(29)21-17-6-5-16(30-3)10-14(17)8-9-27-21/h4-7,10-11,20-21,27H,8-9,12-13H2,1-3H3,(H,28,29). The van der Waals surface area contributed by atoms with Crippen molar-refractivity contribution in [3.8, 4) is 5.75 Å². The fraction of sp³-hybridized carbons (Fsp3) is 0.435. The summed E-state index contributed by atoms with van der Waals surface area (Å²) in [7, 11) is 1.59. The summed E-state index contributed by atoms with van der Waals surface area (Å²) in [5.74, 6) is -0.0967. The second-order valence-electron chi connectivity index (χ2n) is 8.18. The number of methoxy groups -OCH3 is 1. The number of nitrogens with one attached hydrogen (secondary N) is 2. The smallest absolute Gasteiger partial charge is 0.261 e. The van der Waals surface area contributed by atoms with Gasteiger partial charge in [-0.3, -0.25) is 4.79 Å². The minimum absolute atomic E-state index is 0.0494. The van der Waals surface area contributed by atoms with Crippen molar-refractivity contribution in [1.29, 1.82) is 0 Å². The van der Waals surface area contributed by atoms with Crippen LogP contribution in [0.25, 0.3) is 0 Å². The Labute approximate surface area is 179 Å². The molecule has 2 N–H and O–H groups in total. The average Bonchev–Trinajstić information content (AvgIpc) is 2.72. The number of amides is 1. The van der Waals surface area contributed by atoms with Crippen LogP contribution in [0.2, 0.25) is 0 Å². The van der Waals surface area contributed by atoms with Crippen molar-refractivity contribution in [3.05, 3.63) is 58.9 Å². The molecule has 1 atom stereocenters. The third kappa shape index (κ3) is 5.57.